The van der Waals surface area contributed by atoms with Gasteiger partial charge in [0.05, 0.1) is 0 Å². The summed E-state index contributed by atoms with van der Waals surface area (Å²) < 4.78 is 5.98. The molecule has 0 aliphatic rings. The van der Waals surface area contributed by atoms with Gasteiger partial charge in [-0.05, 0) is 30.3 Å². The van der Waals surface area contributed by atoms with Gasteiger partial charge in [-0.1, -0.05) is 55.5 Å². The number of aryl methyl sites for hydroxylation is 1. The van der Waals surface area contributed by atoms with Gasteiger partial charge in [0.15, 0.2) is 5.11 Å². The van der Waals surface area contributed by atoms with Crippen molar-refractivity contribution in [3.8, 4) is 0 Å². The van der Waals surface area contributed by atoms with E-state index in [9.17, 15) is 0 Å². The van der Waals surface area contributed by atoms with Crippen LogP contribution in [0.15, 0.2) is 59.0 Å². The minimum atomic E-state index is 0.747. The van der Waals surface area contributed by atoms with Crippen molar-refractivity contribution < 1.29 is 4.42 Å². The van der Waals surface area contributed by atoms with E-state index in [1.165, 1.54) is 16.5 Å². The Hall–Kier alpha value is -2.33. The van der Waals surface area contributed by atoms with Crippen LogP contribution in [-0.2, 0) is 19.4 Å². The zero-order valence-electron chi connectivity index (χ0n) is 14.8. The van der Waals surface area contributed by atoms with Crippen molar-refractivity contribution in [3.05, 3.63) is 71.5 Å². The minimum absolute atomic E-state index is 0.747. The largest absolute Gasteiger partial charge is 0.461 e. The predicted octanol–water partition coefficient (Wildman–Crippen LogP) is 4.54. The van der Waals surface area contributed by atoms with Gasteiger partial charge in [-0.25, -0.2) is 0 Å². The summed E-state index contributed by atoms with van der Waals surface area (Å²) in [5.74, 6) is 1.04. The van der Waals surface area contributed by atoms with Gasteiger partial charge in [-0.2, -0.15) is 0 Å². The van der Waals surface area contributed by atoms with Gasteiger partial charge >= 0.3 is 0 Å². The first kappa shape index (κ1) is 17.5. The third kappa shape index (κ3) is 4.20. The molecule has 0 radical (unpaired) electrons. The third-order valence-corrected chi connectivity index (χ3v) is 4.83. The summed E-state index contributed by atoms with van der Waals surface area (Å²) in [6.07, 6.45) is 1.84. The smallest absolute Gasteiger partial charge is 0.168 e. The fraction of sp³-hybridized carbons (Fsp3) is 0.286. The van der Waals surface area contributed by atoms with Gasteiger partial charge in [0.25, 0.3) is 0 Å². The molecule has 0 unspecified atom stereocenters. The van der Waals surface area contributed by atoms with E-state index in [2.05, 4.69) is 53.5 Å². The van der Waals surface area contributed by atoms with Crippen LogP contribution in [0.25, 0.3) is 11.0 Å². The number of para-hydroxylation sites is 1. The third-order valence-electron chi connectivity index (χ3n) is 4.38. The average Bonchev–Trinajstić information content (AvgIpc) is 3.00. The van der Waals surface area contributed by atoms with Crippen molar-refractivity contribution >= 4 is 28.3 Å². The van der Waals surface area contributed by atoms with E-state index in [1.807, 2.05) is 25.2 Å². The van der Waals surface area contributed by atoms with Crippen LogP contribution in [-0.4, -0.2) is 23.6 Å². The Morgan fingerprint density at radius 1 is 1.08 bits per heavy atom. The summed E-state index contributed by atoms with van der Waals surface area (Å²) in [4.78, 5) is 2.08. The maximum absolute atomic E-state index is 5.98. The van der Waals surface area contributed by atoms with E-state index in [0.717, 1.165) is 42.4 Å². The molecule has 0 aliphatic heterocycles. The maximum Gasteiger partial charge on any atom is 0.168 e. The van der Waals surface area contributed by atoms with Crippen molar-refractivity contribution in [1.82, 2.24) is 10.2 Å². The molecular weight excluding hydrogens is 328 g/mol. The summed E-state index contributed by atoms with van der Waals surface area (Å²) in [6, 6.07) is 18.6. The minimum Gasteiger partial charge on any atom is -0.461 e. The number of thiocarbonyl (C=S) groups is 1. The molecule has 130 valence electrons. The molecule has 0 saturated carbocycles. The number of fused-ring (bicyclic) bond motifs is 1. The lowest BCUT2D eigenvalue weighted by Crippen LogP contribution is -2.37. The molecule has 2 aromatic carbocycles. The zero-order valence-corrected chi connectivity index (χ0v) is 15.6. The van der Waals surface area contributed by atoms with E-state index < -0.39 is 0 Å². The van der Waals surface area contributed by atoms with Crippen LogP contribution in [0.1, 0.15) is 23.8 Å². The summed E-state index contributed by atoms with van der Waals surface area (Å²) >= 11 is 5.55. The molecule has 4 heteroatoms. The summed E-state index contributed by atoms with van der Waals surface area (Å²) in [5, 5.41) is 5.30. The van der Waals surface area contributed by atoms with Crippen molar-refractivity contribution in [2.75, 3.05) is 13.6 Å². The van der Waals surface area contributed by atoms with Crippen LogP contribution >= 0.6 is 12.2 Å². The van der Waals surface area contributed by atoms with E-state index in [-0.39, 0.29) is 0 Å². The van der Waals surface area contributed by atoms with Crippen molar-refractivity contribution in [1.29, 1.82) is 0 Å². The van der Waals surface area contributed by atoms with Crippen molar-refractivity contribution in [3.63, 3.8) is 0 Å². The molecule has 3 aromatic rings. The quantitative estimate of drug-likeness (QED) is 0.659. The van der Waals surface area contributed by atoms with Gasteiger partial charge in [-0.15, -0.1) is 0 Å². The number of nitrogens with one attached hydrogen (secondary N) is 1. The van der Waals surface area contributed by atoms with Crippen LogP contribution in [0.3, 0.4) is 0 Å². The highest BCUT2D eigenvalue weighted by molar-refractivity contribution is 7.80. The molecule has 1 aromatic heterocycles. The second-order valence-corrected chi connectivity index (χ2v) is 6.56. The Balaban J connectivity index is 1.61. The van der Waals surface area contributed by atoms with Gasteiger partial charge in [-0.3, -0.25) is 0 Å². The Labute approximate surface area is 154 Å². The standard InChI is InChI=1S/C21H24N2OS/c1-3-19-18(17-11-7-8-12-20(17)24-19)15-23(2)21(25)22-14-13-16-9-5-4-6-10-16/h4-12H,3,13-15H2,1-2H3,(H,22,25). The average molecular weight is 353 g/mol. The first-order valence-electron chi connectivity index (χ1n) is 8.71. The molecule has 25 heavy (non-hydrogen) atoms. The Morgan fingerprint density at radius 2 is 1.80 bits per heavy atom. The molecule has 0 aliphatic carbocycles. The van der Waals surface area contributed by atoms with Gasteiger partial charge < -0.3 is 14.6 Å². The number of hydrogen-bond acceptors (Lipinski definition) is 2. The van der Waals surface area contributed by atoms with Crippen LogP contribution in [0.5, 0.6) is 0 Å². The molecule has 0 atom stereocenters. The van der Waals surface area contributed by atoms with Crippen LogP contribution in [0.2, 0.25) is 0 Å². The fourth-order valence-corrected chi connectivity index (χ4v) is 3.18. The monoisotopic (exact) mass is 352 g/mol. The maximum atomic E-state index is 5.98. The first-order chi connectivity index (χ1) is 12.2. The van der Waals surface area contributed by atoms with E-state index in [4.69, 9.17) is 16.6 Å². The molecule has 0 saturated heterocycles. The topological polar surface area (TPSA) is 28.4 Å². The SMILES string of the molecule is CCc1oc2ccccc2c1CN(C)C(=S)NCCc1ccccc1. The molecule has 0 fully saturated rings. The number of furan rings is 1. The molecule has 1 heterocycles. The van der Waals surface area contributed by atoms with Gasteiger partial charge in [0.1, 0.15) is 11.3 Å². The van der Waals surface area contributed by atoms with Crippen LogP contribution in [0.4, 0.5) is 0 Å². The lowest BCUT2D eigenvalue weighted by atomic mass is 10.1. The fourth-order valence-electron chi connectivity index (χ4n) is 3.01. The molecule has 0 amide bonds. The summed E-state index contributed by atoms with van der Waals surface area (Å²) in [7, 11) is 2.03. The Morgan fingerprint density at radius 3 is 2.56 bits per heavy atom. The number of rotatable bonds is 6. The lowest BCUT2D eigenvalue weighted by Gasteiger charge is -2.21. The Bertz CT molecular complexity index is 841. The van der Waals surface area contributed by atoms with E-state index in [0.29, 0.717) is 0 Å². The molecule has 0 bridgehead atoms. The molecule has 1 N–H and O–H groups in total. The summed E-state index contributed by atoms with van der Waals surface area (Å²) in [5.41, 5.74) is 3.49. The molecule has 0 spiro atoms. The van der Waals surface area contributed by atoms with E-state index in [1.54, 1.807) is 0 Å². The highest BCUT2D eigenvalue weighted by atomic mass is 32.1. The molecule has 3 rings (SSSR count). The normalized spacial score (nSPS) is 10.8. The number of nitrogens with zero attached hydrogens (tertiary/aromatic N) is 1. The summed E-state index contributed by atoms with van der Waals surface area (Å²) in [6.45, 7) is 3.70. The van der Waals surface area contributed by atoms with E-state index >= 15 is 0 Å². The van der Waals surface area contributed by atoms with Crippen LogP contribution in [0, 0.1) is 0 Å². The molecular formula is C21H24N2OS. The highest BCUT2D eigenvalue weighted by Gasteiger charge is 2.15. The molecule has 3 nitrogen and oxygen atoms in total. The van der Waals surface area contributed by atoms with Crippen molar-refractivity contribution in [2.24, 2.45) is 0 Å². The first-order valence-corrected chi connectivity index (χ1v) is 9.12. The van der Waals surface area contributed by atoms with Crippen molar-refractivity contribution in [2.45, 2.75) is 26.3 Å². The second kappa shape index (κ2) is 8.17. The second-order valence-electron chi connectivity index (χ2n) is 6.18. The number of benzene rings is 2. The van der Waals surface area contributed by atoms with Crippen LogP contribution < -0.4 is 5.32 Å². The predicted molar refractivity (Wildman–Crippen MR) is 108 cm³/mol. The highest BCUT2D eigenvalue weighted by Crippen LogP contribution is 2.27. The lowest BCUT2D eigenvalue weighted by molar-refractivity contribution is 0.474. The Kier molecular flexibility index (Phi) is 5.71. The van der Waals surface area contributed by atoms with Gasteiger partial charge in [0.2, 0.25) is 0 Å². The van der Waals surface area contributed by atoms with Gasteiger partial charge in [0, 0.05) is 37.5 Å². The number of hydrogen-bond donors (Lipinski definition) is 1. The zero-order chi connectivity index (χ0) is 17.6.